The van der Waals surface area contributed by atoms with Gasteiger partial charge in [-0.25, -0.2) is 0 Å². The fourth-order valence-electron chi connectivity index (χ4n) is 4.92. The highest BCUT2D eigenvalue weighted by Gasteiger charge is 2.50. The summed E-state index contributed by atoms with van der Waals surface area (Å²) in [6.07, 6.45) is -4.69. The molecule has 0 spiro atoms. The second kappa shape index (κ2) is 9.07. The Hall–Kier alpha value is -3.69. The minimum Gasteiger partial charge on any atom is -0.493 e. The Bertz CT molecular complexity index is 1230. The number of nitrogens with zero attached hydrogens (tertiary/aromatic N) is 1. The number of para-hydroxylation sites is 2. The van der Waals surface area contributed by atoms with Crippen molar-refractivity contribution in [2.45, 2.75) is 38.9 Å². The molecule has 2 aromatic carbocycles. The summed E-state index contributed by atoms with van der Waals surface area (Å²) in [5.41, 5.74) is 0.640. The molecule has 4 rings (SSSR count). The molecule has 0 bridgehead atoms. The number of nitrogens with one attached hydrogen (secondary N) is 1. The van der Waals surface area contributed by atoms with Gasteiger partial charge in [0.15, 0.2) is 17.3 Å². The van der Waals surface area contributed by atoms with Gasteiger partial charge >= 0.3 is 12.1 Å². The molecule has 0 aromatic heterocycles. The molecule has 1 amide bonds. The number of allylic oxidation sites excluding steroid dienone is 1. The highest BCUT2D eigenvalue weighted by molar-refractivity contribution is 6.07. The molecule has 7 nitrogen and oxygen atoms in total. The monoisotopic (exact) mass is 504 g/mol. The van der Waals surface area contributed by atoms with E-state index in [1.54, 1.807) is 18.2 Å². The number of carbonyl (C=O) groups is 2. The molecule has 1 aliphatic carbocycles. The van der Waals surface area contributed by atoms with Crippen LogP contribution >= 0.6 is 0 Å². The zero-order chi connectivity index (χ0) is 26.4. The number of hydrogen-bond acceptors (Lipinski definition) is 6. The number of rotatable bonds is 4. The molecular weight excluding hydrogens is 477 g/mol. The molecule has 1 atom stereocenters. The first-order valence-corrected chi connectivity index (χ1v) is 11.2. The number of anilines is 2. The van der Waals surface area contributed by atoms with Gasteiger partial charge in [0.2, 0.25) is 5.75 Å². The Morgan fingerprint density at radius 1 is 1.03 bits per heavy atom. The first kappa shape index (κ1) is 25.4. The highest BCUT2D eigenvalue weighted by atomic mass is 19.4. The Balaban J connectivity index is 2.09. The first-order valence-electron chi connectivity index (χ1n) is 11.2. The van der Waals surface area contributed by atoms with Crippen LogP contribution in [-0.2, 0) is 9.59 Å². The van der Waals surface area contributed by atoms with Crippen LogP contribution in [0.25, 0.3) is 0 Å². The minimum absolute atomic E-state index is 0.00131. The van der Waals surface area contributed by atoms with Gasteiger partial charge in [-0.3, -0.25) is 14.5 Å². The predicted molar refractivity (Wildman–Crippen MR) is 127 cm³/mol. The average Bonchev–Trinajstić information content (AvgIpc) is 2.95. The van der Waals surface area contributed by atoms with Crippen LogP contribution in [0.3, 0.4) is 0 Å². The molecule has 192 valence electrons. The van der Waals surface area contributed by atoms with Crippen molar-refractivity contribution in [1.29, 1.82) is 0 Å². The fourth-order valence-corrected chi connectivity index (χ4v) is 4.92. The van der Waals surface area contributed by atoms with Crippen LogP contribution in [0.1, 0.15) is 38.3 Å². The molecular formula is C26H27F3N2O5. The van der Waals surface area contributed by atoms with E-state index in [4.69, 9.17) is 14.2 Å². The molecule has 2 aromatic rings. The summed E-state index contributed by atoms with van der Waals surface area (Å²) < 4.78 is 58.3. The maximum atomic E-state index is 14.0. The van der Waals surface area contributed by atoms with Crippen molar-refractivity contribution in [3.05, 3.63) is 53.2 Å². The number of Topliss-reactive ketones (excluding diaryl/α,β-unsaturated/α-hetero) is 1. The second-order valence-corrected chi connectivity index (χ2v) is 9.51. The van der Waals surface area contributed by atoms with Crippen LogP contribution in [0, 0.1) is 5.41 Å². The lowest BCUT2D eigenvalue weighted by atomic mass is 9.73. The van der Waals surface area contributed by atoms with Crippen LogP contribution in [0.15, 0.2) is 47.7 Å². The lowest BCUT2D eigenvalue weighted by molar-refractivity contribution is -0.170. The topological polar surface area (TPSA) is 77.1 Å². The van der Waals surface area contributed by atoms with E-state index in [0.717, 1.165) is 0 Å². The summed E-state index contributed by atoms with van der Waals surface area (Å²) in [5, 5.41) is 3.17. The molecule has 0 radical (unpaired) electrons. The lowest BCUT2D eigenvalue weighted by Crippen LogP contribution is -2.45. The van der Waals surface area contributed by atoms with E-state index in [9.17, 15) is 22.8 Å². The minimum atomic E-state index is -5.20. The number of ketones is 1. The average molecular weight is 505 g/mol. The summed E-state index contributed by atoms with van der Waals surface area (Å²) in [7, 11) is 4.16. The van der Waals surface area contributed by atoms with Gasteiger partial charge in [0.25, 0.3) is 0 Å². The quantitative estimate of drug-likeness (QED) is 0.600. The van der Waals surface area contributed by atoms with Crippen LogP contribution in [0.5, 0.6) is 17.2 Å². The van der Waals surface area contributed by atoms with Crippen molar-refractivity contribution in [3.63, 3.8) is 0 Å². The molecule has 0 unspecified atom stereocenters. The van der Waals surface area contributed by atoms with Gasteiger partial charge in [-0.05, 0) is 41.7 Å². The Morgan fingerprint density at radius 3 is 2.19 bits per heavy atom. The SMILES string of the molecule is COc1cc([C@H]2C3=C(CC(C)(C)CC3=O)Nc3ccccc3N2C(=O)C(F)(F)F)cc(OC)c1OC. The summed E-state index contributed by atoms with van der Waals surface area (Å²) >= 11 is 0. The third-order valence-corrected chi connectivity index (χ3v) is 6.36. The Kier molecular flexibility index (Phi) is 6.40. The van der Waals surface area contributed by atoms with Crippen molar-refractivity contribution < 1.29 is 37.0 Å². The van der Waals surface area contributed by atoms with Crippen LogP contribution < -0.4 is 24.4 Å². The maximum absolute atomic E-state index is 14.0. The van der Waals surface area contributed by atoms with Gasteiger partial charge in [0.1, 0.15) is 0 Å². The van der Waals surface area contributed by atoms with Gasteiger partial charge in [-0.15, -0.1) is 0 Å². The third kappa shape index (κ3) is 4.36. The van der Waals surface area contributed by atoms with Gasteiger partial charge in [-0.2, -0.15) is 13.2 Å². The molecule has 36 heavy (non-hydrogen) atoms. The van der Waals surface area contributed by atoms with Crippen LogP contribution in [-0.4, -0.2) is 39.2 Å². The van der Waals surface area contributed by atoms with E-state index >= 15 is 0 Å². The maximum Gasteiger partial charge on any atom is 0.471 e. The van der Waals surface area contributed by atoms with E-state index in [0.29, 0.717) is 22.7 Å². The van der Waals surface area contributed by atoms with Crippen molar-refractivity contribution in [1.82, 2.24) is 0 Å². The third-order valence-electron chi connectivity index (χ3n) is 6.36. The van der Waals surface area contributed by atoms with Crippen LogP contribution in [0.4, 0.5) is 24.5 Å². The zero-order valence-corrected chi connectivity index (χ0v) is 20.6. The van der Waals surface area contributed by atoms with Crippen molar-refractivity contribution >= 4 is 23.1 Å². The van der Waals surface area contributed by atoms with Crippen molar-refractivity contribution in [2.75, 3.05) is 31.5 Å². The van der Waals surface area contributed by atoms with E-state index in [1.165, 1.54) is 39.5 Å². The molecule has 1 aliphatic heterocycles. The van der Waals surface area contributed by atoms with E-state index in [2.05, 4.69) is 5.32 Å². The van der Waals surface area contributed by atoms with E-state index in [-0.39, 0.29) is 46.3 Å². The Labute approximate surface area is 206 Å². The number of methoxy groups -OCH3 is 3. The number of hydrogen-bond donors (Lipinski definition) is 1. The molecule has 1 N–H and O–H groups in total. The van der Waals surface area contributed by atoms with Crippen molar-refractivity contribution in [3.8, 4) is 17.2 Å². The van der Waals surface area contributed by atoms with Gasteiger partial charge in [-0.1, -0.05) is 26.0 Å². The standard InChI is InChI=1S/C26H27F3N2O5/c1-25(2)12-16-21(18(32)13-25)22(14-10-19(34-3)23(36-5)20(11-14)35-4)31(24(33)26(27,28)29)17-9-7-6-8-15(17)30-16/h6-11,22,30H,12-13H2,1-5H3/t22-/m0/s1. The fraction of sp³-hybridized carbons (Fsp3) is 0.385. The number of halogens is 3. The normalized spacial score (nSPS) is 19.1. The van der Waals surface area contributed by atoms with E-state index in [1.807, 2.05) is 13.8 Å². The molecule has 0 saturated heterocycles. The smallest absolute Gasteiger partial charge is 0.471 e. The summed E-state index contributed by atoms with van der Waals surface area (Å²) in [6, 6.07) is 7.73. The number of benzene rings is 2. The number of fused-ring (bicyclic) bond motifs is 1. The number of carbonyl (C=O) groups excluding carboxylic acids is 2. The van der Waals surface area contributed by atoms with E-state index < -0.39 is 23.5 Å². The van der Waals surface area contributed by atoms with Gasteiger partial charge < -0.3 is 19.5 Å². The van der Waals surface area contributed by atoms with Gasteiger partial charge in [0, 0.05) is 17.7 Å². The number of alkyl halides is 3. The largest absolute Gasteiger partial charge is 0.493 e. The van der Waals surface area contributed by atoms with Crippen LogP contribution in [0.2, 0.25) is 0 Å². The Morgan fingerprint density at radius 2 is 1.64 bits per heavy atom. The molecule has 1 heterocycles. The second-order valence-electron chi connectivity index (χ2n) is 9.51. The lowest BCUT2D eigenvalue weighted by Gasteiger charge is -2.37. The van der Waals surface area contributed by atoms with Crippen molar-refractivity contribution in [2.24, 2.45) is 5.41 Å². The number of ether oxygens (including phenoxy) is 3. The first-order chi connectivity index (χ1) is 16.9. The summed E-state index contributed by atoms with van der Waals surface area (Å²) in [6.45, 7) is 3.83. The zero-order valence-electron chi connectivity index (χ0n) is 20.6. The summed E-state index contributed by atoms with van der Waals surface area (Å²) in [4.78, 5) is 27.2. The summed E-state index contributed by atoms with van der Waals surface area (Å²) in [5.74, 6) is -1.85. The highest BCUT2D eigenvalue weighted by Crippen LogP contribution is 2.51. The predicted octanol–water partition coefficient (Wildman–Crippen LogP) is 5.42. The molecule has 0 fully saturated rings. The molecule has 0 saturated carbocycles. The number of amides is 1. The molecule has 2 aliphatic rings. The molecule has 10 heteroatoms. The van der Waals surface area contributed by atoms with Gasteiger partial charge in [0.05, 0.1) is 38.7 Å².